The molecule has 3 aromatic rings. The third-order valence-corrected chi connectivity index (χ3v) is 5.06. The monoisotopic (exact) mass is 387 g/mol. The fraction of sp³-hybridized carbons (Fsp3) is 0.389. The van der Waals surface area contributed by atoms with Crippen LogP contribution in [-0.4, -0.2) is 42.9 Å². The maximum absolute atomic E-state index is 11.3. The summed E-state index contributed by atoms with van der Waals surface area (Å²) in [6.07, 6.45) is 0. The Kier molecular flexibility index (Phi) is 5.50. The van der Waals surface area contributed by atoms with Gasteiger partial charge < -0.3 is 9.84 Å². The van der Waals surface area contributed by atoms with Gasteiger partial charge in [-0.25, -0.2) is 14.5 Å². The van der Waals surface area contributed by atoms with Crippen LogP contribution in [0.1, 0.15) is 36.1 Å². The molecule has 2 heterocycles. The van der Waals surface area contributed by atoms with Crippen molar-refractivity contribution in [2.45, 2.75) is 34.2 Å². The van der Waals surface area contributed by atoms with Crippen molar-refractivity contribution in [2.24, 2.45) is 5.92 Å². The molecule has 3 rings (SSSR count). The Balaban J connectivity index is 2.09. The summed E-state index contributed by atoms with van der Waals surface area (Å²) in [6, 6.07) is 5.64. The normalized spacial score (nSPS) is 11.1. The molecule has 1 aromatic carbocycles. The number of aromatic carboxylic acids is 1. The Morgan fingerprint density at radius 1 is 1.37 bits per heavy atom. The zero-order chi connectivity index (χ0) is 19.6. The topological polar surface area (TPSA) is 103 Å². The third kappa shape index (κ3) is 3.97. The van der Waals surface area contributed by atoms with E-state index in [1.54, 1.807) is 11.6 Å². The first kappa shape index (κ1) is 19.0. The van der Waals surface area contributed by atoms with E-state index < -0.39 is 5.97 Å². The van der Waals surface area contributed by atoms with Gasteiger partial charge in [-0.05, 0) is 48.4 Å². The Bertz CT molecular complexity index is 964. The van der Waals surface area contributed by atoms with Gasteiger partial charge in [-0.3, -0.25) is 0 Å². The molecule has 0 saturated carbocycles. The van der Waals surface area contributed by atoms with Crippen molar-refractivity contribution in [3.63, 3.8) is 0 Å². The van der Waals surface area contributed by atoms with Crippen molar-refractivity contribution in [3.8, 4) is 27.7 Å². The summed E-state index contributed by atoms with van der Waals surface area (Å²) in [7, 11) is 0. The number of thiazole rings is 1. The number of ether oxygens (including phenoxy) is 1. The molecule has 0 saturated heterocycles. The molecule has 0 radical (unpaired) electrons. The van der Waals surface area contributed by atoms with Gasteiger partial charge in [0, 0.05) is 12.1 Å². The summed E-state index contributed by atoms with van der Waals surface area (Å²) >= 11 is 1.15. The zero-order valence-electron chi connectivity index (χ0n) is 15.6. The quantitative estimate of drug-likeness (QED) is 0.661. The van der Waals surface area contributed by atoms with E-state index >= 15 is 0 Å². The summed E-state index contributed by atoms with van der Waals surface area (Å²) in [5.74, 6) is 0.691. The first-order valence-corrected chi connectivity index (χ1v) is 9.46. The number of carboxylic acid groups (broad SMARTS) is 1. The summed E-state index contributed by atoms with van der Waals surface area (Å²) in [5.41, 5.74) is 2.06. The van der Waals surface area contributed by atoms with Crippen LogP contribution in [0, 0.1) is 12.8 Å². The highest BCUT2D eigenvalue weighted by atomic mass is 32.1. The van der Waals surface area contributed by atoms with Crippen LogP contribution >= 0.6 is 11.3 Å². The van der Waals surface area contributed by atoms with Crippen molar-refractivity contribution >= 4 is 17.3 Å². The largest absolute Gasteiger partial charge is 0.493 e. The number of benzene rings is 1. The summed E-state index contributed by atoms with van der Waals surface area (Å²) in [4.78, 5) is 16.0. The number of nitrogens with zero attached hydrogens (tertiary/aromatic N) is 5. The fourth-order valence-electron chi connectivity index (χ4n) is 2.55. The molecule has 0 aliphatic heterocycles. The second kappa shape index (κ2) is 7.83. The highest BCUT2D eigenvalue weighted by Gasteiger charge is 2.19. The van der Waals surface area contributed by atoms with Gasteiger partial charge in [0.25, 0.3) is 0 Å². The van der Waals surface area contributed by atoms with Gasteiger partial charge in [-0.15, -0.1) is 16.4 Å². The van der Waals surface area contributed by atoms with Crippen LogP contribution in [0.3, 0.4) is 0 Å². The van der Waals surface area contributed by atoms with Crippen molar-refractivity contribution in [1.29, 1.82) is 0 Å². The number of aromatic nitrogens is 5. The highest BCUT2D eigenvalue weighted by molar-refractivity contribution is 7.17. The van der Waals surface area contributed by atoms with Gasteiger partial charge in [0.1, 0.15) is 15.6 Å². The van der Waals surface area contributed by atoms with Crippen LogP contribution in [-0.2, 0) is 6.54 Å². The highest BCUT2D eigenvalue weighted by Crippen LogP contribution is 2.35. The number of aryl methyl sites for hydroxylation is 2. The second-order valence-corrected chi connectivity index (χ2v) is 7.47. The lowest BCUT2D eigenvalue weighted by Crippen LogP contribution is -2.07. The molecule has 27 heavy (non-hydrogen) atoms. The smallest absolute Gasteiger partial charge is 0.347 e. The van der Waals surface area contributed by atoms with E-state index in [0.29, 0.717) is 41.3 Å². The molecule has 0 fully saturated rings. The van der Waals surface area contributed by atoms with Gasteiger partial charge >= 0.3 is 5.97 Å². The summed E-state index contributed by atoms with van der Waals surface area (Å²) in [5, 5.41) is 21.8. The number of carboxylic acids is 1. The molecule has 0 spiro atoms. The number of carbonyl (C=O) groups is 1. The minimum atomic E-state index is -0.969. The van der Waals surface area contributed by atoms with Gasteiger partial charge in [-0.1, -0.05) is 13.8 Å². The molecule has 9 heteroatoms. The Hall–Kier alpha value is -2.81. The SMILES string of the molecule is CCn1nnnc1-c1cc(-c2nc(C)c(C(=O)O)s2)ccc1OCC(C)C. The van der Waals surface area contributed by atoms with Crippen molar-refractivity contribution in [1.82, 2.24) is 25.2 Å². The Labute approximate surface area is 160 Å². The Morgan fingerprint density at radius 2 is 2.15 bits per heavy atom. The van der Waals surface area contributed by atoms with Crippen LogP contribution in [0.15, 0.2) is 18.2 Å². The number of tetrazole rings is 1. The average molecular weight is 387 g/mol. The molecular formula is C18H21N5O3S. The van der Waals surface area contributed by atoms with E-state index in [1.807, 2.05) is 25.1 Å². The molecule has 1 N–H and O–H groups in total. The standard InChI is InChI=1S/C18H21N5O3S/c1-5-23-16(20-21-22-23)13-8-12(6-7-14(13)26-9-10(2)3)17-19-11(4)15(27-17)18(24)25/h6-8,10H,5,9H2,1-4H3,(H,24,25). The van der Waals surface area contributed by atoms with E-state index in [0.717, 1.165) is 22.5 Å². The number of hydrogen-bond acceptors (Lipinski definition) is 7. The predicted octanol–water partition coefficient (Wildman–Crippen LogP) is 3.52. The van der Waals surface area contributed by atoms with E-state index in [-0.39, 0.29) is 4.88 Å². The minimum Gasteiger partial charge on any atom is -0.493 e. The molecule has 142 valence electrons. The van der Waals surface area contributed by atoms with E-state index in [2.05, 4.69) is 34.4 Å². The molecule has 0 atom stereocenters. The van der Waals surface area contributed by atoms with Gasteiger partial charge in [0.05, 0.1) is 17.9 Å². The zero-order valence-corrected chi connectivity index (χ0v) is 16.4. The van der Waals surface area contributed by atoms with E-state index in [1.165, 1.54) is 0 Å². The van der Waals surface area contributed by atoms with Crippen LogP contribution in [0.4, 0.5) is 0 Å². The molecule has 8 nitrogen and oxygen atoms in total. The summed E-state index contributed by atoms with van der Waals surface area (Å²) < 4.78 is 7.65. The van der Waals surface area contributed by atoms with E-state index in [4.69, 9.17) is 4.74 Å². The second-order valence-electron chi connectivity index (χ2n) is 6.47. The van der Waals surface area contributed by atoms with Crippen LogP contribution in [0.2, 0.25) is 0 Å². The van der Waals surface area contributed by atoms with Crippen molar-refractivity contribution < 1.29 is 14.6 Å². The Morgan fingerprint density at radius 3 is 2.78 bits per heavy atom. The maximum Gasteiger partial charge on any atom is 0.347 e. The number of hydrogen-bond donors (Lipinski definition) is 1. The lowest BCUT2D eigenvalue weighted by molar-refractivity contribution is 0.0701. The molecule has 0 bridgehead atoms. The molecule has 0 aliphatic rings. The third-order valence-electron chi connectivity index (χ3n) is 3.86. The predicted molar refractivity (Wildman–Crippen MR) is 102 cm³/mol. The van der Waals surface area contributed by atoms with E-state index in [9.17, 15) is 9.90 Å². The molecular weight excluding hydrogens is 366 g/mol. The van der Waals surface area contributed by atoms with Crippen molar-refractivity contribution in [3.05, 3.63) is 28.8 Å². The lowest BCUT2D eigenvalue weighted by Gasteiger charge is -2.13. The summed E-state index contributed by atoms with van der Waals surface area (Å²) in [6.45, 7) is 9.00. The van der Waals surface area contributed by atoms with Crippen molar-refractivity contribution in [2.75, 3.05) is 6.61 Å². The van der Waals surface area contributed by atoms with Gasteiger partial charge in [0.15, 0.2) is 5.82 Å². The first-order valence-electron chi connectivity index (χ1n) is 8.65. The molecule has 0 unspecified atom stereocenters. The lowest BCUT2D eigenvalue weighted by atomic mass is 10.1. The average Bonchev–Trinajstić information content (AvgIpc) is 3.26. The first-order chi connectivity index (χ1) is 12.9. The fourth-order valence-corrected chi connectivity index (χ4v) is 3.45. The van der Waals surface area contributed by atoms with Crippen LogP contribution < -0.4 is 4.74 Å². The number of rotatable bonds is 7. The molecule has 0 aliphatic carbocycles. The molecule has 2 aromatic heterocycles. The molecule has 0 amide bonds. The maximum atomic E-state index is 11.3. The van der Waals surface area contributed by atoms with Gasteiger partial charge in [-0.2, -0.15) is 0 Å². The van der Waals surface area contributed by atoms with Crippen LogP contribution in [0.25, 0.3) is 22.0 Å². The van der Waals surface area contributed by atoms with Crippen LogP contribution in [0.5, 0.6) is 5.75 Å². The van der Waals surface area contributed by atoms with Gasteiger partial charge in [0.2, 0.25) is 0 Å². The minimum absolute atomic E-state index is 0.241.